The summed E-state index contributed by atoms with van der Waals surface area (Å²) in [5, 5.41) is 20.8. The molecular weight excluding hydrogens is 250 g/mol. The molecule has 3 heteroatoms. The van der Waals surface area contributed by atoms with Crippen molar-refractivity contribution in [3.8, 4) is 5.75 Å². The number of aliphatic hydroxyl groups is 1. The third-order valence-corrected chi connectivity index (χ3v) is 6.15. The van der Waals surface area contributed by atoms with Gasteiger partial charge >= 0.3 is 0 Å². The van der Waals surface area contributed by atoms with Crippen LogP contribution in [0.15, 0.2) is 18.2 Å². The Balaban J connectivity index is 1.95. The second-order valence-corrected chi connectivity index (χ2v) is 6.95. The molecule has 1 heterocycles. The third-order valence-electron chi connectivity index (χ3n) is 6.15. The topological polar surface area (TPSA) is 43.7 Å². The summed E-state index contributed by atoms with van der Waals surface area (Å²) in [6.45, 7) is 1.05. The standard InChI is InChI=1S/C17H23NO2/c1-18-9-8-17-7-3-2-4-13(17)15(18)16(20)12-6-5-11(19)10-14(12)17/h5-6,10,13,15-16,19-20H,2-4,7-9H2,1H3/t13-,15+,16+,17-/m1/s1. The number of likely N-dealkylation sites (tertiary alicyclic amines) is 1. The molecule has 1 saturated heterocycles. The molecule has 0 radical (unpaired) electrons. The molecule has 2 aliphatic carbocycles. The fourth-order valence-corrected chi connectivity index (χ4v) is 5.25. The van der Waals surface area contributed by atoms with Crippen molar-refractivity contribution in [3.05, 3.63) is 29.3 Å². The number of rotatable bonds is 0. The number of likely N-dealkylation sites (N-methyl/N-ethyl adjacent to an activating group) is 1. The fraction of sp³-hybridized carbons (Fsp3) is 0.647. The SMILES string of the molecule is CN1CC[C@]23CCCC[C@@H]2[C@H]1[C@@H](O)c1ccc(O)cc13. The number of piperidine rings is 1. The van der Waals surface area contributed by atoms with Gasteiger partial charge in [-0.25, -0.2) is 0 Å². The van der Waals surface area contributed by atoms with Gasteiger partial charge in [-0.15, -0.1) is 0 Å². The summed E-state index contributed by atoms with van der Waals surface area (Å²) in [4.78, 5) is 2.36. The lowest BCUT2D eigenvalue weighted by Crippen LogP contribution is -2.61. The van der Waals surface area contributed by atoms with Crippen LogP contribution in [-0.4, -0.2) is 34.7 Å². The van der Waals surface area contributed by atoms with Gasteiger partial charge in [-0.05, 0) is 62.0 Å². The number of nitrogens with zero attached hydrogens (tertiary/aromatic N) is 1. The summed E-state index contributed by atoms with van der Waals surface area (Å²) in [5.41, 5.74) is 2.49. The van der Waals surface area contributed by atoms with Crippen LogP contribution in [0.5, 0.6) is 5.75 Å². The van der Waals surface area contributed by atoms with Gasteiger partial charge < -0.3 is 15.1 Å². The summed E-state index contributed by atoms with van der Waals surface area (Å²) in [6, 6.07) is 5.84. The lowest BCUT2D eigenvalue weighted by atomic mass is 9.52. The molecule has 0 aromatic heterocycles. The first-order chi connectivity index (χ1) is 9.63. The fourth-order valence-electron chi connectivity index (χ4n) is 5.25. The van der Waals surface area contributed by atoms with Crippen LogP contribution in [0.1, 0.15) is 49.3 Å². The highest BCUT2D eigenvalue weighted by molar-refractivity contribution is 5.46. The molecule has 1 aliphatic heterocycles. The Labute approximate surface area is 120 Å². The molecule has 0 amide bonds. The molecule has 1 saturated carbocycles. The number of hydrogen-bond acceptors (Lipinski definition) is 3. The zero-order valence-corrected chi connectivity index (χ0v) is 12.0. The molecule has 4 atom stereocenters. The predicted molar refractivity (Wildman–Crippen MR) is 77.7 cm³/mol. The first-order valence-electron chi connectivity index (χ1n) is 7.85. The van der Waals surface area contributed by atoms with Crippen molar-refractivity contribution >= 4 is 0 Å². The minimum atomic E-state index is -0.410. The van der Waals surface area contributed by atoms with Gasteiger partial charge in [0.2, 0.25) is 0 Å². The molecule has 1 aromatic rings. The lowest BCUT2D eigenvalue weighted by Gasteiger charge is -2.59. The van der Waals surface area contributed by atoms with Crippen LogP contribution in [-0.2, 0) is 5.41 Å². The predicted octanol–water partition coefficient (Wildman–Crippen LogP) is 2.57. The van der Waals surface area contributed by atoms with Gasteiger partial charge in [-0.2, -0.15) is 0 Å². The summed E-state index contributed by atoms with van der Waals surface area (Å²) in [6.07, 6.45) is 5.72. The lowest BCUT2D eigenvalue weighted by molar-refractivity contribution is -0.0680. The van der Waals surface area contributed by atoms with E-state index in [-0.39, 0.29) is 11.5 Å². The highest BCUT2D eigenvalue weighted by atomic mass is 16.3. The van der Waals surface area contributed by atoms with E-state index in [1.54, 1.807) is 6.07 Å². The monoisotopic (exact) mass is 273 g/mol. The van der Waals surface area contributed by atoms with E-state index in [1.807, 2.05) is 12.1 Å². The maximum Gasteiger partial charge on any atom is 0.115 e. The van der Waals surface area contributed by atoms with Gasteiger partial charge in [-0.1, -0.05) is 18.9 Å². The van der Waals surface area contributed by atoms with E-state index < -0.39 is 6.10 Å². The smallest absolute Gasteiger partial charge is 0.115 e. The number of benzene rings is 1. The van der Waals surface area contributed by atoms with E-state index in [0.29, 0.717) is 11.7 Å². The van der Waals surface area contributed by atoms with Gasteiger partial charge in [-0.3, -0.25) is 0 Å². The number of fused-ring (bicyclic) bond motifs is 1. The van der Waals surface area contributed by atoms with E-state index in [1.165, 1.54) is 31.2 Å². The summed E-state index contributed by atoms with van der Waals surface area (Å²) in [5.74, 6) is 0.881. The molecule has 0 unspecified atom stereocenters. The van der Waals surface area contributed by atoms with Crippen LogP contribution in [0.4, 0.5) is 0 Å². The molecular formula is C17H23NO2. The quantitative estimate of drug-likeness (QED) is 0.763. The number of aromatic hydroxyl groups is 1. The van der Waals surface area contributed by atoms with Gasteiger partial charge in [0.1, 0.15) is 5.75 Å². The average Bonchev–Trinajstić information content (AvgIpc) is 2.46. The van der Waals surface area contributed by atoms with E-state index >= 15 is 0 Å². The molecule has 108 valence electrons. The van der Waals surface area contributed by atoms with Crippen molar-refractivity contribution < 1.29 is 10.2 Å². The average molecular weight is 273 g/mol. The second kappa shape index (κ2) is 4.22. The summed E-state index contributed by atoms with van der Waals surface area (Å²) < 4.78 is 0. The van der Waals surface area contributed by atoms with Gasteiger partial charge in [0, 0.05) is 11.5 Å². The highest BCUT2D eigenvalue weighted by Crippen LogP contribution is 2.58. The normalized spacial score (nSPS) is 40.0. The minimum Gasteiger partial charge on any atom is -0.508 e. The summed E-state index contributed by atoms with van der Waals surface area (Å²) in [7, 11) is 2.15. The molecule has 3 nitrogen and oxygen atoms in total. The molecule has 2 bridgehead atoms. The third kappa shape index (κ3) is 1.48. The Hall–Kier alpha value is -1.06. The van der Waals surface area contributed by atoms with Crippen LogP contribution in [0.2, 0.25) is 0 Å². The number of phenols is 1. The van der Waals surface area contributed by atoms with Gasteiger partial charge in [0.05, 0.1) is 6.10 Å². The van der Waals surface area contributed by atoms with E-state index in [9.17, 15) is 10.2 Å². The zero-order valence-electron chi connectivity index (χ0n) is 12.0. The molecule has 1 aromatic carbocycles. The van der Waals surface area contributed by atoms with Crippen molar-refractivity contribution in [1.29, 1.82) is 0 Å². The van der Waals surface area contributed by atoms with Gasteiger partial charge in [0.15, 0.2) is 0 Å². The summed E-state index contributed by atoms with van der Waals surface area (Å²) >= 11 is 0. The number of hydrogen-bond donors (Lipinski definition) is 2. The highest BCUT2D eigenvalue weighted by Gasteiger charge is 2.56. The van der Waals surface area contributed by atoms with Crippen molar-refractivity contribution in [2.24, 2.45) is 5.92 Å². The molecule has 3 aliphatic rings. The maximum atomic E-state index is 10.8. The van der Waals surface area contributed by atoms with Gasteiger partial charge in [0.25, 0.3) is 0 Å². The Morgan fingerprint density at radius 2 is 2.10 bits per heavy atom. The van der Waals surface area contributed by atoms with E-state index in [4.69, 9.17) is 0 Å². The zero-order chi connectivity index (χ0) is 13.9. The first kappa shape index (κ1) is 12.7. The van der Waals surface area contributed by atoms with E-state index in [0.717, 1.165) is 18.5 Å². The van der Waals surface area contributed by atoms with Crippen LogP contribution in [0.25, 0.3) is 0 Å². The molecule has 4 rings (SSSR count). The number of aliphatic hydroxyl groups excluding tert-OH is 1. The van der Waals surface area contributed by atoms with Crippen molar-refractivity contribution in [2.45, 2.75) is 49.7 Å². The second-order valence-electron chi connectivity index (χ2n) is 6.95. The van der Waals surface area contributed by atoms with Crippen LogP contribution < -0.4 is 0 Å². The molecule has 20 heavy (non-hydrogen) atoms. The first-order valence-corrected chi connectivity index (χ1v) is 7.85. The maximum absolute atomic E-state index is 10.8. The Kier molecular flexibility index (Phi) is 2.67. The van der Waals surface area contributed by atoms with Crippen LogP contribution >= 0.6 is 0 Å². The van der Waals surface area contributed by atoms with Crippen molar-refractivity contribution in [1.82, 2.24) is 4.90 Å². The minimum absolute atomic E-state index is 0.197. The Morgan fingerprint density at radius 1 is 1.25 bits per heavy atom. The van der Waals surface area contributed by atoms with E-state index in [2.05, 4.69) is 11.9 Å². The Bertz CT molecular complexity index is 544. The van der Waals surface area contributed by atoms with Crippen LogP contribution in [0, 0.1) is 5.92 Å². The molecule has 2 fully saturated rings. The molecule has 0 spiro atoms. The van der Waals surface area contributed by atoms with Crippen molar-refractivity contribution in [2.75, 3.05) is 13.6 Å². The van der Waals surface area contributed by atoms with Crippen molar-refractivity contribution in [3.63, 3.8) is 0 Å². The number of phenolic OH excluding ortho intramolecular Hbond substituents is 1. The Morgan fingerprint density at radius 3 is 2.95 bits per heavy atom. The largest absolute Gasteiger partial charge is 0.508 e. The molecule has 2 N–H and O–H groups in total. The van der Waals surface area contributed by atoms with Crippen LogP contribution in [0.3, 0.4) is 0 Å².